The van der Waals surface area contributed by atoms with E-state index < -0.39 is 10.0 Å². The van der Waals surface area contributed by atoms with E-state index in [1.54, 1.807) is 18.2 Å². The molecule has 0 unspecified atom stereocenters. The average molecular weight is 275 g/mol. The number of benzene rings is 1. The summed E-state index contributed by atoms with van der Waals surface area (Å²) in [6.45, 7) is -0.164. The van der Waals surface area contributed by atoms with Gasteiger partial charge in [0, 0.05) is 24.8 Å². The number of sulfonamides is 1. The van der Waals surface area contributed by atoms with Crippen molar-refractivity contribution < 1.29 is 23.0 Å². The first-order chi connectivity index (χ1) is 8.50. The van der Waals surface area contributed by atoms with Crippen molar-refractivity contribution in [3.8, 4) is 11.5 Å². The fraction of sp³-hybridized carbons (Fsp3) is 0.455. The first-order valence-electron chi connectivity index (χ1n) is 5.35. The van der Waals surface area contributed by atoms with Gasteiger partial charge in [-0.15, -0.1) is 0 Å². The molecule has 0 saturated heterocycles. The topological polar surface area (TPSA) is 84.9 Å². The molecular formula is C11H17NO5S. The second-order valence-corrected chi connectivity index (χ2v) is 5.44. The van der Waals surface area contributed by atoms with Crippen LogP contribution in [0.2, 0.25) is 0 Å². The Kier molecular flexibility index (Phi) is 5.24. The normalized spacial score (nSPS) is 11.1. The van der Waals surface area contributed by atoms with Crippen LogP contribution in [0.15, 0.2) is 18.2 Å². The van der Waals surface area contributed by atoms with Gasteiger partial charge in [0.1, 0.15) is 11.5 Å². The fourth-order valence-corrected chi connectivity index (χ4v) is 2.44. The minimum Gasteiger partial charge on any atom is -0.497 e. The third kappa shape index (κ3) is 4.42. The summed E-state index contributed by atoms with van der Waals surface area (Å²) in [5.41, 5.74) is 0.365. The van der Waals surface area contributed by atoms with Crippen molar-refractivity contribution in [3.05, 3.63) is 18.2 Å². The Hall–Kier alpha value is -1.47. The second-order valence-electron chi connectivity index (χ2n) is 3.60. The minimum absolute atomic E-state index is 0.136. The number of anilines is 1. The Morgan fingerprint density at radius 3 is 2.17 bits per heavy atom. The Morgan fingerprint density at radius 1 is 1.17 bits per heavy atom. The Bertz CT molecular complexity index is 464. The number of ether oxygens (including phenoxy) is 2. The molecule has 0 aromatic heterocycles. The molecule has 0 saturated carbocycles. The van der Waals surface area contributed by atoms with E-state index in [9.17, 15) is 8.42 Å². The van der Waals surface area contributed by atoms with Crippen LogP contribution in [0.25, 0.3) is 0 Å². The van der Waals surface area contributed by atoms with Gasteiger partial charge in [-0.25, -0.2) is 8.42 Å². The molecule has 0 heterocycles. The van der Waals surface area contributed by atoms with Crippen molar-refractivity contribution in [2.75, 3.05) is 31.3 Å². The largest absolute Gasteiger partial charge is 0.497 e. The van der Waals surface area contributed by atoms with E-state index in [0.29, 0.717) is 17.2 Å². The molecule has 0 atom stereocenters. The summed E-state index contributed by atoms with van der Waals surface area (Å²) in [6.07, 6.45) is 0.191. The summed E-state index contributed by atoms with van der Waals surface area (Å²) in [6, 6.07) is 4.75. The standard InChI is InChI=1S/C11H17NO5S/c1-16-10-6-9(7-11(8-10)17-2)12-18(14,15)5-3-4-13/h6-8,12-13H,3-5H2,1-2H3. The fourth-order valence-electron chi connectivity index (χ4n) is 1.35. The first-order valence-corrected chi connectivity index (χ1v) is 7.00. The van der Waals surface area contributed by atoms with E-state index in [0.717, 1.165) is 0 Å². The van der Waals surface area contributed by atoms with Gasteiger partial charge in [-0.1, -0.05) is 0 Å². The number of nitrogens with one attached hydrogen (secondary N) is 1. The molecule has 1 aromatic rings. The highest BCUT2D eigenvalue weighted by atomic mass is 32.2. The molecule has 0 radical (unpaired) electrons. The lowest BCUT2D eigenvalue weighted by molar-refractivity contribution is 0.295. The summed E-state index contributed by atoms with van der Waals surface area (Å²) >= 11 is 0. The van der Waals surface area contributed by atoms with E-state index in [2.05, 4.69) is 4.72 Å². The van der Waals surface area contributed by atoms with Crippen molar-refractivity contribution in [2.45, 2.75) is 6.42 Å². The van der Waals surface area contributed by atoms with Gasteiger partial charge in [-0.05, 0) is 6.42 Å². The molecule has 18 heavy (non-hydrogen) atoms. The van der Waals surface area contributed by atoms with E-state index in [-0.39, 0.29) is 18.8 Å². The zero-order valence-electron chi connectivity index (χ0n) is 10.3. The monoisotopic (exact) mass is 275 g/mol. The van der Waals surface area contributed by atoms with Crippen LogP contribution in [0, 0.1) is 0 Å². The van der Waals surface area contributed by atoms with Crippen LogP contribution in [-0.2, 0) is 10.0 Å². The summed E-state index contributed by atoms with van der Waals surface area (Å²) in [4.78, 5) is 0. The van der Waals surface area contributed by atoms with Crippen LogP contribution < -0.4 is 14.2 Å². The number of aliphatic hydroxyl groups excluding tert-OH is 1. The van der Waals surface area contributed by atoms with Gasteiger partial charge in [0.05, 0.1) is 25.7 Å². The molecule has 0 amide bonds. The number of rotatable bonds is 7. The van der Waals surface area contributed by atoms with Crippen molar-refractivity contribution in [1.82, 2.24) is 0 Å². The number of methoxy groups -OCH3 is 2. The molecule has 0 aliphatic heterocycles. The van der Waals surface area contributed by atoms with Crippen LogP contribution in [0.3, 0.4) is 0 Å². The lowest BCUT2D eigenvalue weighted by atomic mass is 10.3. The lowest BCUT2D eigenvalue weighted by Crippen LogP contribution is -2.17. The quantitative estimate of drug-likeness (QED) is 0.770. The smallest absolute Gasteiger partial charge is 0.232 e. The number of aliphatic hydroxyl groups is 1. The summed E-state index contributed by atoms with van der Waals surface area (Å²) in [7, 11) is -0.498. The molecule has 2 N–H and O–H groups in total. The maximum absolute atomic E-state index is 11.7. The van der Waals surface area contributed by atoms with Gasteiger partial charge in [0.2, 0.25) is 10.0 Å². The van der Waals surface area contributed by atoms with Crippen LogP contribution in [-0.4, -0.2) is 40.1 Å². The maximum Gasteiger partial charge on any atom is 0.232 e. The molecule has 0 bridgehead atoms. The summed E-state index contributed by atoms with van der Waals surface area (Å²) in [5.74, 6) is 0.853. The van der Waals surface area contributed by atoms with E-state index >= 15 is 0 Å². The molecule has 0 aliphatic rings. The highest BCUT2D eigenvalue weighted by Gasteiger charge is 2.11. The Balaban J connectivity index is 2.89. The van der Waals surface area contributed by atoms with Gasteiger partial charge in [-0.2, -0.15) is 0 Å². The van der Waals surface area contributed by atoms with Gasteiger partial charge >= 0.3 is 0 Å². The molecule has 0 aliphatic carbocycles. The predicted molar refractivity (Wildman–Crippen MR) is 68.7 cm³/mol. The lowest BCUT2D eigenvalue weighted by Gasteiger charge is -2.10. The SMILES string of the molecule is COc1cc(NS(=O)(=O)CCCO)cc(OC)c1. The molecule has 1 aromatic carbocycles. The van der Waals surface area contributed by atoms with Crippen molar-refractivity contribution in [2.24, 2.45) is 0 Å². The summed E-state index contributed by atoms with van der Waals surface area (Å²) in [5, 5.41) is 8.63. The van der Waals surface area contributed by atoms with Gasteiger partial charge in [0.15, 0.2) is 0 Å². The highest BCUT2D eigenvalue weighted by molar-refractivity contribution is 7.92. The Morgan fingerprint density at radius 2 is 1.72 bits per heavy atom. The molecule has 0 fully saturated rings. The molecule has 1 rings (SSSR count). The zero-order valence-corrected chi connectivity index (χ0v) is 11.2. The van der Waals surface area contributed by atoms with Gasteiger partial charge in [-0.3, -0.25) is 4.72 Å². The van der Waals surface area contributed by atoms with Crippen LogP contribution in [0.5, 0.6) is 11.5 Å². The molecular weight excluding hydrogens is 258 g/mol. The maximum atomic E-state index is 11.7. The number of hydrogen-bond donors (Lipinski definition) is 2. The third-order valence-corrected chi connectivity index (χ3v) is 3.57. The zero-order chi connectivity index (χ0) is 13.6. The molecule has 0 spiro atoms. The van der Waals surface area contributed by atoms with Crippen LogP contribution >= 0.6 is 0 Å². The van der Waals surface area contributed by atoms with Gasteiger partial charge < -0.3 is 14.6 Å². The molecule has 7 heteroatoms. The predicted octanol–water partition coefficient (Wildman–Crippen LogP) is 0.828. The first kappa shape index (κ1) is 14.6. The van der Waals surface area contributed by atoms with E-state index in [1.165, 1.54) is 14.2 Å². The number of hydrogen-bond acceptors (Lipinski definition) is 5. The minimum atomic E-state index is -3.47. The van der Waals surface area contributed by atoms with Crippen molar-refractivity contribution in [1.29, 1.82) is 0 Å². The van der Waals surface area contributed by atoms with Crippen LogP contribution in [0.4, 0.5) is 5.69 Å². The van der Waals surface area contributed by atoms with E-state index in [4.69, 9.17) is 14.6 Å². The third-order valence-electron chi connectivity index (χ3n) is 2.20. The summed E-state index contributed by atoms with van der Waals surface area (Å²) < 4.78 is 35.8. The second kappa shape index (κ2) is 6.46. The molecule has 6 nitrogen and oxygen atoms in total. The van der Waals surface area contributed by atoms with Crippen molar-refractivity contribution >= 4 is 15.7 Å². The Labute approximate surface area is 107 Å². The van der Waals surface area contributed by atoms with Crippen molar-refractivity contribution in [3.63, 3.8) is 0 Å². The highest BCUT2D eigenvalue weighted by Crippen LogP contribution is 2.26. The van der Waals surface area contributed by atoms with E-state index in [1.807, 2.05) is 0 Å². The van der Waals surface area contributed by atoms with Gasteiger partial charge in [0.25, 0.3) is 0 Å². The average Bonchev–Trinajstić information content (AvgIpc) is 2.35. The molecule has 102 valence electrons. The van der Waals surface area contributed by atoms with Crippen LogP contribution in [0.1, 0.15) is 6.42 Å².